The van der Waals surface area contributed by atoms with E-state index in [1.807, 2.05) is 24.3 Å². The average Bonchev–Trinajstić information content (AvgIpc) is 2.30. The van der Waals surface area contributed by atoms with Gasteiger partial charge in [0.2, 0.25) is 0 Å². The monoisotopic (exact) mass is 294 g/mol. The van der Waals surface area contributed by atoms with Crippen molar-refractivity contribution in [1.29, 1.82) is 0 Å². The normalized spacial score (nSPS) is 12.4. The Bertz CT molecular complexity index is 476. The first kappa shape index (κ1) is 11.7. The molecule has 0 nitrogen and oxygen atoms in total. The fourth-order valence-corrected chi connectivity index (χ4v) is 2.63. The fourth-order valence-electron chi connectivity index (χ4n) is 1.68. The molecule has 16 heavy (non-hydrogen) atoms. The molecule has 0 bridgehead atoms. The molecule has 0 spiro atoms. The van der Waals surface area contributed by atoms with Crippen LogP contribution in [0.4, 0.5) is 0 Å². The summed E-state index contributed by atoms with van der Waals surface area (Å²) < 4.78 is 0. The fraction of sp³-hybridized carbons (Fsp3) is 0.143. The molecule has 2 rings (SSSR count). The SMILES string of the molecule is Cc1ccccc1C(Br)c1ccc(Cl)cc1. The topological polar surface area (TPSA) is 0 Å². The summed E-state index contributed by atoms with van der Waals surface area (Å²) in [6, 6.07) is 16.3. The van der Waals surface area contributed by atoms with Crippen LogP contribution in [0.25, 0.3) is 0 Å². The van der Waals surface area contributed by atoms with Gasteiger partial charge in [-0.1, -0.05) is 63.9 Å². The van der Waals surface area contributed by atoms with Crippen LogP contribution in [0.2, 0.25) is 5.02 Å². The van der Waals surface area contributed by atoms with Gasteiger partial charge in [0.1, 0.15) is 0 Å². The molecule has 0 aliphatic carbocycles. The van der Waals surface area contributed by atoms with Crippen LogP contribution in [0.3, 0.4) is 0 Å². The predicted octanol–water partition coefficient (Wildman–Crippen LogP) is 5.13. The zero-order valence-corrected chi connectivity index (χ0v) is 11.3. The number of alkyl halides is 1. The van der Waals surface area contributed by atoms with Crippen molar-refractivity contribution in [3.63, 3.8) is 0 Å². The molecule has 0 aliphatic rings. The molecule has 0 fully saturated rings. The first-order valence-corrected chi connectivity index (χ1v) is 6.43. The highest BCUT2D eigenvalue weighted by Crippen LogP contribution is 2.32. The van der Waals surface area contributed by atoms with E-state index in [9.17, 15) is 0 Å². The zero-order valence-electron chi connectivity index (χ0n) is 8.95. The van der Waals surface area contributed by atoms with Crippen molar-refractivity contribution in [2.45, 2.75) is 11.8 Å². The summed E-state index contributed by atoms with van der Waals surface area (Å²) in [6.07, 6.45) is 0. The van der Waals surface area contributed by atoms with Crippen LogP contribution in [-0.4, -0.2) is 0 Å². The Morgan fingerprint density at radius 2 is 1.62 bits per heavy atom. The average molecular weight is 296 g/mol. The van der Waals surface area contributed by atoms with E-state index in [-0.39, 0.29) is 4.83 Å². The Balaban J connectivity index is 2.35. The molecule has 0 radical (unpaired) electrons. The van der Waals surface area contributed by atoms with Crippen molar-refractivity contribution >= 4 is 27.5 Å². The maximum Gasteiger partial charge on any atom is 0.0647 e. The van der Waals surface area contributed by atoms with Crippen molar-refractivity contribution in [2.75, 3.05) is 0 Å². The Labute approximate surface area is 109 Å². The minimum absolute atomic E-state index is 0.228. The molecule has 0 amide bonds. The number of aryl methyl sites for hydroxylation is 1. The molecule has 82 valence electrons. The van der Waals surface area contributed by atoms with Gasteiger partial charge in [0.25, 0.3) is 0 Å². The zero-order chi connectivity index (χ0) is 11.5. The molecule has 2 heteroatoms. The lowest BCUT2D eigenvalue weighted by molar-refractivity contribution is 1.14. The second-order valence-corrected chi connectivity index (χ2v) is 5.12. The van der Waals surface area contributed by atoms with Gasteiger partial charge in [-0.15, -0.1) is 0 Å². The van der Waals surface area contributed by atoms with Crippen LogP contribution in [-0.2, 0) is 0 Å². The lowest BCUT2D eigenvalue weighted by Gasteiger charge is -2.13. The van der Waals surface area contributed by atoms with E-state index in [4.69, 9.17) is 11.6 Å². The third-order valence-electron chi connectivity index (χ3n) is 2.62. The van der Waals surface area contributed by atoms with Gasteiger partial charge in [0.05, 0.1) is 4.83 Å². The summed E-state index contributed by atoms with van der Waals surface area (Å²) in [7, 11) is 0. The highest BCUT2D eigenvalue weighted by atomic mass is 79.9. The third kappa shape index (κ3) is 2.47. The maximum absolute atomic E-state index is 5.88. The van der Waals surface area contributed by atoms with Crippen LogP contribution in [0.15, 0.2) is 48.5 Å². The first-order chi connectivity index (χ1) is 7.68. The van der Waals surface area contributed by atoms with E-state index in [2.05, 4.69) is 47.1 Å². The number of halogens is 2. The molecular formula is C14H12BrCl. The lowest BCUT2D eigenvalue weighted by atomic mass is 10.0. The summed E-state index contributed by atoms with van der Waals surface area (Å²) in [6.45, 7) is 2.12. The van der Waals surface area contributed by atoms with Crippen LogP contribution < -0.4 is 0 Å². The molecule has 1 unspecified atom stereocenters. The molecule has 2 aromatic carbocycles. The molecule has 1 atom stereocenters. The van der Waals surface area contributed by atoms with Gasteiger partial charge >= 0.3 is 0 Å². The number of benzene rings is 2. The van der Waals surface area contributed by atoms with Gasteiger partial charge in [0.15, 0.2) is 0 Å². The minimum Gasteiger partial charge on any atom is -0.0843 e. The molecular weight excluding hydrogens is 284 g/mol. The van der Waals surface area contributed by atoms with E-state index < -0.39 is 0 Å². The molecule has 0 heterocycles. The maximum atomic E-state index is 5.88. The Kier molecular flexibility index (Phi) is 3.67. The van der Waals surface area contributed by atoms with Crippen LogP contribution in [0.1, 0.15) is 21.5 Å². The number of rotatable bonds is 2. The van der Waals surface area contributed by atoms with Crippen LogP contribution >= 0.6 is 27.5 Å². The summed E-state index contributed by atoms with van der Waals surface area (Å²) in [5.74, 6) is 0. The first-order valence-electron chi connectivity index (χ1n) is 5.13. The largest absolute Gasteiger partial charge is 0.0843 e. The van der Waals surface area contributed by atoms with Crippen LogP contribution in [0, 0.1) is 6.92 Å². The highest BCUT2D eigenvalue weighted by molar-refractivity contribution is 9.09. The Morgan fingerprint density at radius 1 is 1.00 bits per heavy atom. The van der Waals surface area contributed by atoms with E-state index >= 15 is 0 Å². The standard InChI is InChI=1S/C14H12BrCl/c1-10-4-2-3-5-13(10)14(15)11-6-8-12(16)9-7-11/h2-9,14H,1H3. The molecule has 0 saturated carbocycles. The summed E-state index contributed by atoms with van der Waals surface area (Å²) in [5.41, 5.74) is 3.81. The van der Waals surface area contributed by atoms with Crippen molar-refractivity contribution in [3.05, 3.63) is 70.2 Å². The Morgan fingerprint density at radius 3 is 2.25 bits per heavy atom. The van der Waals surface area contributed by atoms with Gasteiger partial charge in [0, 0.05) is 5.02 Å². The van der Waals surface area contributed by atoms with E-state index in [1.54, 1.807) is 0 Å². The second kappa shape index (κ2) is 5.03. The van der Waals surface area contributed by atoms with E-state index in [0.29, 0.717) is 0 Å². The Hall–Kier alpha value is -0.790. The van der Waals surface area contributed by atoms with Gasteiger partial charge in [-0.05, 0) is 35.7 Å². The molecule has 0 aromatic heterocycles. The molecule has 2 aromatic rings. The molecule has 0 saturated heterocycles. The third-order valence-corrected chi connectivity index (χ3v) is 3.90. The summed E-state index contributed by atoms with van der Waals surface area (Å²) >= 11 is 9.60. The quantitative estimate of drug-likeness (QED) is 0.674. The van der Waals surface area contributed by atoms with Crippen molar-refractivity contribution < 1.29 is 0 Å². The summed E-state index contributed by atoms with van der Waals surface area (Å²) in [5, 5.41) is 0.772. The summed E-state index contributed by atoms with van der Waals surface area (Å²) in [4.78, 5) is 0.228. The van der Waals surface area contributed by atoms with E-state index in [1.165, 1.54) is 16.7 Å². The van der Waals surface area contributed by atoms with Gasteiger partial charge < -0.3 is 0 Å². The smallest absolute Gasteiger partial charge is 0.0647 e. The van der Waals surface area contributed by atoms with Gasteiger partial charge in [-0.2, -0.15) is 0 Å². The second-order valence-electron chi connectivity index (χ2n) is 3.77. The molecule has 0 N–H and O–H groups in total. The number of hydrogen-bond donors (Lipinski definition) is 0. The number of hydrogen-bond acceptors (Lipinski definition) is 0. The predicted molar refractivity (Wildman–Crippen MR) is 73.4 cm³/mol. The van der Waals surface area contributed by atoms with Crippen LogP contribution in [0.5, 0.6) is 0 Å². The lowest BCUT2D eigenvalue weighted by Crippen LogP contribution is -1.95. The van der Waals surface area contributed by atoms with Crippen molar-refractivity contribution in [2.24, 2.45) is 0 Å². The van der Waals surface area contributed by atoms with Gasteiger partial charge in [-0.3, -0.25) is 0 Å². The molecule has 0 aliphatic heterocycles. The minimum atomic E-state index is 0.228. The highest BCUT2D eigenvalue weighted by Gasteiger charge is 2.11. The van der Waals surface area contributed by atoms with Crippen molar-refractivity contribution in [3.8, 4) is 0 Å². The van der Waals surface area contributed by atoms with Crippen molar-refractivity contribution in [1.82, 2.24) is 0 Å². The van der Waals surface area contributed by atoms with Gasteiger partial charge in [-0.25, -0.2) is 0 Å². The van der Waals surface area contributed by atoms with E-state index in [0.717, 1.165) is 5.02 Å².